The summed E-state index contributed by atoms with van der Waals surface area (Å²) in [7, 11) is 0. The van der Waals surface area contributed by atoms with Gasteiger partial charge >= 0.3 is 0 Å². The average Bonchev–Trinajstić information content (AvgIpc) is 2.96. The van der Waals surface area contributed by atoms with Crippen molar-refractivity contribution in [3.63, 3.8) is 0 Å². The highest BCUT2D eigenvalue weighted by molar-refractivity contribution is 7.99. The number of aryl methyl sites for hydroxylation is 1. The smallest absolute Gasteiger partial charge is 0.252 e. The molecule has 2 aromatic heterocycles. The Hall–Kier alpha value is -2.34. The van der Waals surface area contributed by atoms with Crippen LogP contribution in [0.1, 0.15) is 24.6 Å². The second kappa shape index (κ2) is 7.28. The molecule has 5 nitrogen and oxygen atoms in total. The minimum Gasteiger partial charge on any atom is -0.291 e. The highest BCUT2D eigenvalue weighted by Gasteiger charge is 2.10. The molecule has 0 aliphatic rings. The lowest BCUT2D eigenvalue weighted by molar-refractivity contribution is 0.801. The van der Waals surface area contributed by atoms with E-state index in [0.29, 0.717) is 5.78 Å². The molecule has 2 heterocycles. The van der Waals surface area contributed by atoms with Crippen LogP contribution in [-0.2, 0) is 6.42 Å². The number of rotatable bonds is 6. The molecule has 0 saturated heterocycles. The van der Waals surface area contributed by atoms with Gasteiger partial charge in [-0.15, -0.1) is 10.2 Å². The van der Waals surface area contributed by atoms with Crippen LogP contribution in [0.25, 0.3) is 11.9 Å². The summed E-state index contributed by atoms with van der Waals surface area (Å²) in [6.07, 6.45) is 5.98. The van der Waals surface area contributed by atoms with Crippen LogP contribution in [0.4, 0.5) is 0 Å². The summed E-state index contributed by atoms with van der Waals surface area (Å²) >= 11 is 1.60. The largest absolute Gasteiger partial charge is 0.291 e. The number of aromatic amines is 1. The number of benzene rings is 1. The van der Waals surface area contributed by atoms with Crippen molar-refractivity contribution in [2.24, 2.45) is 0 Å². The molecule has 0 fully saturated rings. The summed E-state index contributed by atoms with van der Waals surface area (Å²) in [6.45, 7) is 2.09. The summed E-state index contributed by atoms with van der Waals surface area (Å²) < 4.78 is 1.94. The second-order valence-electron chi connectivity index (χ2n) is 5.14. The molecule has 0 bridgehead atoms. The molecule has 0 aliphatic carbocycles. The molecular weight excluding hydrogens is 308 g/mol. The zero-order valence-corrected chi connectivity index (χ0v) is 13.7. The number of aromatic nitrogens is 4. The van der Waals surface area contributed by atoms with E-state index in [1.807, 2.05) is 22.6 Å². The van der Waals surface area contributed by atoms with Gasteiger partial charge in [-0.1, -0.05) is 67.6 Å². The van der Waals surface area contributed by atoms with E-state index in [-0.39, 0.29) is 5.56 Å². The Labute approximate surface area is 138 Å². The second-order valence-corrected chi connectivity index (χ2v) is 6.13. The van der Waals surface area contributed by atoms with Crippen molar-refractivity contribution in [2.45, 2.75) is 24.9 Å². The van der Waals surface area contributed by atoms with Gasteiger partial charge in [0, 0.05) is 17.5 Å². The Morgan fingerprint density at radius 2 is 2.09 bits per heavy atom. The molecular formula is C17H18N4OS. The number of hydrogen-bond acceptors (Lipinski definition) is 4. The first kappa shape index (κ1) is 15.6. The van der Waals surface area contributed by atoms with E-state index in [2.05, 4.69) is 46.4 Å². The molecule has 1 N–H and O–H groups in total. The van der Waals surface area contributed by atoms with Gasteiger partial charge in [0.05, 0.1) is 0 Å². The first-order chi connectivity index (χ1) is 11.3. The van der Waals surface area contributed by atoms with Gasteiger partial charge in [0.25, 0.3) is 5.56 Å². The molecule has 0 spiro atoms. The molecule has 0 radical (unpaired) electrons. The van der Waals surface area contributed by atoms with Gasteiger partial charge in [0.15, 0.2) is 5.16 Å². The van der Waals surface area contributed by atoms with E-state index in [4.69, 9.17) is 0 Å². The number of hydrogen-bond donors (Lipinski definition) is 1. The van der Waals surface area contributed by atoms with Crippen molar-refractivity contribution in [3.05, 3.63) is 64.1 Å². The fourth-order valence-corrected chi connectivity index (χ4v) is 3.15. The van der Waals surface area contributed by atoms with Gasteiger partial charge < -0.3 is 0 Å². The lowest BCUT2D eigenvalue weighted by Gasteiger charge is -2.04. The maximum atomic E-state index is 11.7. The van der Waals surface area contributed by atoms with E-state index < -0.39 is 0 Å². The third kappa shape index (κ3) is 3.71. The van der Waals surface area contributed by atoms with E-state index in [0.717, 1.165) is 29.4 Å². The number of nitrogens with one attached hydrogen (secondary N) is 1. The summed E-state index contributed by atoms with van der Waals surface area (Å²) in [4.78, 5) is 14.4. The zero-order valence-electron chi connectivity index (χ0n) is 12.9. The topological polar surface area (TPSA) is 63.0 Å². The summed E-state index contributed by atoms with van der Waals surface area (Å²) in [5, 5.41) is 9.07. The van der Waals surface area contributed by atoms with Gasteiger partial charge in [0.1, 0.15) is 0 Å². The van der Waals surface area contributed by atoms with Crippen LogP contribution in [0.2, 0.25) is 0 Å². The van der Waals surface area contributed by atoms with E-state index in [1.165, 1.54) is 5.56 Å². The fourth-order valence-electron chi connectivity index (χ4n) is 2.38. The minimum absolute atomic E-state index is 0.131. The van der Waals surface area contributed by atoms with E-state index in [9.17, 15) is 4.79 Å². The van der Waals surface area contributed by atoms with Crippen LogP contribution in [-0.4, -0.2) is 25.3 Å². The first-order valence-electron chi connectivity index (χ1n) is 7.59. The Morgan fingerprint density at radius 3 is 2.87 bits per heavy atom. The molecule has 1 aromatic carbocycles. The standard InChI is InChI=1S/C17H18N4OS/c1-2-7-14-12-15(22)18-16-19-20-17(21(14)16)23-11-6-10-13-8-4-3-5-9-13/h3-6,8-10,12H,2,7,11H2,1H3,(H,18,19,22). The summed E-state index contributed by atoms with van der Waals surface area (Å²) in [5.74, 6) is 1.30. The molecule has 0 amide bonds. The average molecular weight is 326 g/mol. The fraction of sp³-hybridized carbons (Fsp3) is 0.235. The van der Waals surface area contributed by atoms with Gasteiger partial charge in [-0.25, -0.2) is 0 Å². The molecule has 0 aliphatic heterocycles. The van der Waals surface area contributed by atoms with Crippen molar-refractivity contribution in [3.8, 4) is 0 Å². The maximum absolute atomic E-state index is 11.7. The third-order valence-electron chi connectivity index (χ3n) is 3.38. The minimum atomic E-state index is -0.131. The molecule has 3 aromatic rings. The van der Waals surface area contributed by atoms with E-state index in [1.54, 1.807) is 17.8 Å². The van der Waals surface area contributed by atoms with Crippen molar-refractivity contribution in [2.75, 3.05) is 5.75 Å². The number of nitrogens with zero attached hydrogens (tertiary/aromatic N) is 3. The van der Waals surface area contributed by atoms with Crippen molar-refractivity contribution in [1.82, 2.24) is 19.6 Å². The number of fused-ring (bicyclic) bond motifs is 1. The molecule has 6 heteroatoms. The van der Waals surface area contributed by atoms with Crippen LogP contribution in [0.15, 0.2) is 52.4 Å². The van der Waals surface area contributed by atoms with Crippen LogP contribution in [0.5, 0.6) is 0 Å². The van der Waals surface area contributed by atoms with Crippen LogP contribution >= 0.6 is 11.8 Å². The summed E-state index contributed by atoms with van der Waals surface area (Å²) in [5.41, 5.74) is 2.00. The first-order valence-corrected chi connectivity index (χ1v) is 8.58. The van der Waals surface area contributed by atoms with Crippen molar-refractivity contribution >= 4 is 23.6 Å². The Balaban J connectivity index is 1.78. The van der Waals surface area contributed by atoms with Gasteiger partial charge in [-0.3, -0.25) is 14.2 Å². The lowest BCUT2D eigenvalue weighted by Crippen LogP contribution is -2.11. The van der Waals surface area contributed by atoms with Crippen molar-refractivity contribution < 1.29 is 0 Å². The Kier molecular flexibility index (Phi) is 4.92. The quantitative estimate of drug-likeness (QED) is 0.707. The Morgan fingerprint density at radius 1 is 1.26 bits per heavy atom. The summed E-state index contributed by atoms with van der Waals surface area (Å²) in [6, 6.07) is 11.8. The maximum Gasteiger partial charge on any atom is 0.252 e. The lowest BCUT2D eigenvalue weighted by atomic mass is 10.2. The highest BCUT2D eigenvalue weighted by atomic mass is 32.2. The van der Waals surface area contributed by atoms with Crippen LogP contribution in [0, 0.1) is 0 Å². The predicted octanol–water partition coefficient (Wildman–Crippen LogP) is 3.18. The monoisotopic (exact) mass is 326 g/mol. The Bertz CT molecular complexity index is 867. The third-order valence-corrected chi connectivity index (χ3v) is 4.26. The highest BCUT2D eigenvalue weighted by Crippen LogP contribution is 2.18. The molecule has 0 atom stereocenters. The van der Waals surface area contributed by atoms with Crippen LogP contribution in [0.3, 0.4) is 0 Å². The van der Waals surface area contributed by atoms with Gasteiger partial charge in [0.2, 0.25) is 5.78 Å². The molecule has 0 unspecified atom stereocenters. The molecule has 23 heavy (non-hydrogen) atoms. The van der Waals surface area contributed by atoms with E-state index >= 15 is 0 Å². The normalized spacial score (nSPS) is 11.5. The van der Waals surface area contributed by atoms with Gasteiger partial charge in [-0.2, -0.15) is 0 Å². The molecule has 0 saturated carbocycles. The van der Waals surface area contributed by atoms with Crippen LogP contribution < -0.4 is 5.56 Å². The molecule has 118 valence electrons. The predicted molar refractivity (Wildman–Crippen MR) is 93.8 cm³/mol. The number of H-pyrrole nitrogens is 1. The SMILES string of the molecule is CCCc1cc(=O)[nH]c2nnc(SCC=Cc3ccccc3)n12. The zero-order chi connectivity index (χ0) is 16.1. The van der Waals surface area contributed by atoms with Gasteiger partial charge in [-0.05, 0) is 12.0 Å². The number of thioether (sulfide) groups is 1. The molecule has 3 rings (SSSR count). The van der Waals surface area contributed by atoms with Crippen molar-refractivity contribution in [1.29, 1.82) is 0 Å².